The fourth-order valence-electron chi connectivity index (χ4n) is 1.84. The summed E-state index contributed by atoms with van der Waals surface area (Å²) in [5.41, 5.74) is 1.90. The number of rotatable bonds is 4. The molecule has 0 unspecified atom stereocenters. The van der Waals surface area contributed by atoms with E-state index >= 15 is 0 Å². The van der Waals surface area contributed by atoms with Gasteiger partial charge < -0.3 is 5.32 Å². The summed E-state index contributed by atoms with van der Waals surface area (Å²) < 4.78 is 0. The molecule has 2 rings (SSSR count). The predicted octanol–water partition coefficient (Wildman–Crippen LogP) is 3.65. The van der Waals surface area contributed by atoms with Gasteiger partial charge in [0.1, 0.15) is 5.69 Å². The molecule has 0 radical (unpaired) electrons. The van der Waals surface area contributed by atoms with Crippen molar-refractivity contribution < 1.29 is 4.92 Å². The highest BCUT2D eigenvalue weighted by molar-refractivity contribution is 6.28. The Balaban J connectivity index is 2.44. The van der Waals surface area contributed by atoms with E-state index in [4.69, 9.17) is 11.6 Å². The molecule has 20 heavy (non-hydrogen) atoms. The third-order valence-corrected chi connectivity index (χ3v) is 2.98. The van der Waals surface area contributed by atoms with Crippen LogP contribution in [0, 0.1) is 17.0 Å². The van der Waals surface area contributed by atoms with Crippen LogP contribution in [-0.2, 0) is 6.42 Å². The van der Waals surface area contributed by atoms with Gasteiger partial charge in [-0.25, -0.2) is 4.98 Å². The van der Waals surface area contributed by atoms with Gasteiger partial charge in [-0.3, -0.25) is 10.1 Å². The first-order valence-corrected chi connectivity index (χ1v) is 6.43. The number of nitrogens with zero attached hydrogens (tertiary/aromatic N) is 3. The smallest absolute Gasteiger partial charge is 0.332 e. The normalized spacial score (nSPS) is 10.3. The molecule has 2 aromatic rings. The molecule has 0 saturated carbocycles. The highest BCUT2D eigenvalue weighted by atomic mass is 35.5. The quantitative estimate of drug-likeness (QED) is 0.528. The molecule has 0 aliphatic carbocycles. The maximum absolute atomic E-state index is 11.1. The third kappa shape index (κ3) is 3.03. The SMILES string of the molecule is CCc1cccc(Nc2nc(Cl)nc(C)c2[N+](=O)[O-])c1. The molecule has 0 aliphatic heterocycles. The summed E-state index contributed by atoms with van der Waals surface area (Å²) in [6.45, 7) is 3.56. The van der Waals surface area contributed by atoms with Crippen LogP contribution in [0.4, 0.5) is 17.2 Å². The van der Waals surface area contributed by atoms with Gasteiger partial charge >= 0.3 is 5.69 Å². The van der Waals surface area contributed by atoms with Crippen molar-refractivity contribution in [2.75, 3.05) is 5.32 Å². The molecular weight excluding hydrogens is 280 g/mol. The predicted molar refractivity (Wildman–Crippen MR) is 77.5 cm³/mol. The molecule has 1 aromatic heterocycles. The van der Waals surface area contributed by atoms with Gasteiger partial charge in [-0.15, -0.1) is 0 Å². The molecule has 7 heteroatoms. The molecule has 6 nitrogen and oxygen atoms in total. The fourth-order valence-corrected chi connectivity index (χ4v) is 2.06. The van der Waals surface area contributed by atoms with Crippen LogP contribution in [0.3, 0.4) is 0 Å². The van der Waals surface area contributed by atoms with E-state index in [0.29, 0.717) is 0 Å². The lowest BCUT2D eigenvalue weighted by molar-refractivity contribution is -0.385. The summed E-state index contributed by atoms with van der Waals surface area (Å²) in [5, 5.41) is 14.0. The molecular formula is C13H13ClN4O2. The number of hydrogen-bond donors (Lipinski definition) is 1. The third-order valence-electron chi connectivity index (χ3n) is 2.81. The Bertz CT molecular complexity index is 661. The van der Waals surface area contributed by atoms with Crippen LogP contribution in [-0.4, -0.2) is 14.9 Å². The average molecular weight is 293 g/mol. The summed E-state index contributed by atoms with van der Waals surface area (Å²) in [6.07, 6.45) is 0.876. The summed E-state index contributed by atoms with van der Waals surface area (Å²) in [7, 11) is 0. The summed E-state index contributed by atoms with van der Waals surface area (Å²) in [4.78, 5) is 18.3. The summed E-state index contributed by atoms with van der Waals surface area (Å²) in [5.74, 6) is 0.0979. The van der Waals surface area contributed by atoms with Crippen molar-refractivity contribution in [3.05, 3.63) is 50.9 Å². The number of nitro groups is 1. The van der Waals surface area contributed by atoms with Crippen LogP contribution in [0.15, 0.2) is 24.3 Å². The Labute approximate surface area is 121 Å². The standard InChI is InChI=1S/C13H13ClN4O2/c1-3-9-5-4-6-10(7-9)16-12-11(18(19)20)8(2)15-13(14)17-12/h4-7H,3H2,1-2H3,(H,15,16,17). The minimum atomic E-state index is -0.516. The average Bonchev–Trinajstić information content (AvgIpc) is 2.37. The van der Waals surface area contributed by atoms with Crippen LogP contribution in [0.5, 0.6) is 0 Å². The van der Waals surface area contributed by atoms with Gasteiger partial charge in [-0.05, 0) is 42.6 Å². The highest BCUT2D eigenvalue weighted by Gasteiger charge is 2.21. The van der Waals surface area contributed by atoms with E-state index in [0.717, 1.165) is 17.7 Å². The van der Waals surface area contributed by atoms with E-state index in [1.165, 1.54) is 6.92 Å². The zero-order chi connectivity index (χ0) is 14.7. The Morgan fingerprint density at radius 1 is 1.40 bits per heavy atom. The zero-order valence-electron chi connectivity index (χ0n) is 11.1. The van der Waals surface area contributed by atoms with Gasteiger partial charge in [0.15, 0.2) is 0 Å². The Morgan fingerprint density at radius 3 is 2.80 bits per heavy atom. The van der Waals surface area contributed by atoms with Gasteiger partial charge in [0, 0.05) is 5.69 Å². The number of aryl methyl sites for hydroxylation is 2. The molecule has 0 fully saturated rings. The molecule has 1 aromatic carbocycles. The number of hydrogen-bond acceptors (Lipinski definition) is 5. The van der Waals surface area contributed by atoms with E-state index < -0.39 is 4.92 Å². The first-order valence-electron chi connectivity index (χ1n) is 6.05. The largest absolute Gasteiger partial charge is 0.334 e. The van der Waals surface area contributed by atoms with Crippen LogP contribution in [0.25, 0.3) is 0 Å². The molecule has 104 valence electrons. The summed E-state index contributed by atoms with van der Waals surface area (Å²) >= 11 is 5.77. The lowest BCUT2D eigenvalue weighted by atomic mass is 10.1. The number of aromatic nitrogens is 2. The lowest BCUT2D eigenvalue weighted by Gasteiger charge is -2.08. The van der Waals surface area contributed by atoms with Crippen molar-refractivity contribution in [1.82, 2.24) is 9.97 Å². The van der Waals surface area contributed by atoms with E-state index in [-0.39, 0.29) is 22.5 Å². The molecule has 0 spiro atoms. The molecule has 0 bridgehead atoms. The minimum Gasteiger partial charge on any atom is -0.334 e. The second-order valence-electron chi connectivity index (χ2n) is 4.21. The van der Waals surface area contributed by atoms with Crippen LogP contribution >= 0.6 is 11.6 Å². The summed E-state index contributed by atoms with van der Waals surface area (Å²) in [6, 6.07) is 7.59. The second-order valence-corrected chi connectivity index (χ2v) is 4.55. The van der Waals surface area contributed by atoms with Crippen molar-refractivity contribution >= 4 is 28.8 Å². The molecule has 1 heterocycles. The minimum absolute atomic E-state index is 0.0257. The number of anilines is 2. The van der Waals surface area contributed by atoms with Crippen molar-refractivity contribution in [1.29, 1.82) is 0 Å². The van der Waals surface area contributed by atoms with Gasteiger partial charge in [0.25, 0.3) is 0 Å². The Kier molecular flexibility index (Phi) is 4.14. The Hall–Kier alpha value is -2.21. The number of halogens is 1. The maximum Gasteiger partial charge on any atom is 0.332 e. The molecule has 0 saturated heterocycles. The molecule has 0 amide bonds. The topological polar surface area (TPSA) is 81.0 Å². The van der Waals surface area contributed by atoms with Crippen LogP contribution in [0.2, 0.25) is 5.28 Å². The van der Waals surface area contributed by atoms with Crippen molar-refractivity contribution in [3.63, 3.8) is 0 Å². The molecule has 0 atom stereocenters. The van der Waals surface area contributed by atoms with Gasteiger partial charge in [-0.2, -0.15) is 4.98 Å². The number of nitrogens with one attached hydrogen (secondary N) is 1. The van der Waals surface area contributed by atoms with Gasteiger partial charge in [0.2, 0.25) is 11.1 Å². The highest BCUT2D eigenvalue weighted by Crippen LogP contribution is 2.29. The van der Waals surface area contributed by atoms with Crippen molar-refractivity contribution in [2.24, 2.45) is 0 Å². The lowest BCUT2D eigenvalue weighted by Crippen LogP contribution is -2.04. The first kappa shape index (κ1) is 14.2. The van der Waals surface area contributed by atoms with Crippen molar-refractivity contribution in [3.8, 4) is 0 Å². The first-order chi connectivity index (χ1) is 9.51. The molecule has 1 N–H and O–H groups in total. The van der Waals surface area contributed by atoms with E-state index in [1.54, 1.807) is 0 Å². The van der Waals surface area contributed by atoms with E-state index in [1.807, 2.05) is 31.2 Å². The second kappa shape index (κ2) is 5.83. The fraction of sp³-hybridized carbons (Fsp3) is 0.231. The maximum atomic E-state index is 11.1. The zero-order valence-corrected chi connectivity index (χ0v) is 11.8. The van der Waals surface area contributed by atoms with E-state index in [9.17, 15) is 10.1 Å². The van der Waals surface area contributed by atoms with Gasteiger partial charge in [0.05, 0.1) is 4.92 Å². The van der Waals surface area contributed by atoms with E-state index in [2.05, 4.69) is 15.3 Å². The molecule has 0 aliphatic rings. The van der Waals surface area contributed by atoms with Crippen molar-refractivity contribution in [2.45, 2.75) is 20.3 Å². The van der Waals surface area contributed by atoms with Gasteiger partial charge in [-0.1, -0.05) is 19.1 Å². The van der Waals surface area contributed by atoms with Crippen LogP contribution < -0.4 is 5.32 Å². The number of benzene rings is 1. The monoisotopic (exact) mass is 292 g/mol. The Morgan fingerprint density at radius 2 is 2.15 bits per heavy atom. The van der Waals surface area contributed by atoms with Crippen LogP contribution in [0.1, 0.15) is 18.2 Å².